The molecule has 1 aliphatic rings. The molecule has 1 aliphatic heterocycles. The molecule has 0 unspecified atom stereocenters. The average Bonchev–Trinajstić information content (AvgIpc) is 2.66. The molecule has 0 atom stereocenters. The molecule has 7 heteroatoms. The number of thioether (sulfide) groups is 1. The molecule has 1 aromatic carbocycles. The molecule has 0 aromatic heterocycles. The van der Waals surface area contributed by atoms with Gasteiger partial charge in [0.25, 0.3) is 5.91 Å². The molecule has 0 saturated carbocycles. The number of halogens is 2. The summed E-state index contributed by atoms with van der Waals surface area (Å²) < 4.78 is 7.72. The van der Waals surface area contributed by atoms with Gasteiger partial charge in [0.1, 0.15) is 12.4 Å². The fourth-order valence-corrected chi connectivity index (χ4v) is 4.27. The molecule has 0 radical (unpaired) electrons. The first-order chi connectivity index (χ1) is 9.51. The number of ether oxygens (including phenoxy) is 1. The third kappa shape index (κ3) is 3.76. The predicted octanol–water partition coefficient (Wildman–Crippen LogP) is 3.39. The Bertz CT molecular complexity index is 642. The minimum Gasteiger partial charge on any atom is -0.488 e. The van der Waals surface area contributed by atoms with Crippen molar-refractivity contribution in [3.63, 3.8) is 0 Å². The molecule has 0 saturated heterocycles. The smallest absolute Gasteiger partial charge is 0.286 e. The van der Waals surface area contributed by atoms with Crippen LogP contribution in [0.25, 0.3) is 6.08 Å². The molecule has 0 fully saturated rings. The lowest BCUT2D eigenvalue weighted by atomic mass is 10.2. The molecule has 1 heterocycles. The van der Waals surface area contributed by atoms with Crippen molar-refractivity contribution in [1.29, 1.82) is 0 Å². The Morgan fingerprint density at radius 3 is 2.80 bits per heavy atom. The Morgan fingerprint density at radius 2 is 2.20 bits per heavy atom. The largest absolute Gasteiger partial charge is 0.488 e. The lowest BCUT2D eigenvalue weighted by molar-refractivity contribution is -0.113. The van der Waals surface area contributed by atoms with Gasteiger partial charge in [-0.3, -0.25) is 4.79 Å². The molecule has 2 rings (SSSR count). The van der Waals surface area contributed by atoms with Crippen LogP contribution >= 0.6 is 56.9 Å². The minimum atomic E-state index is -0.309. The van der Waals surface area contributed by atoms with Gasteiger partial charge < -0.3 is 10.5 Å². The first-order valence-electron chi connectivity index (χ1n) is 5.52. The Hall–Kier alpha value is -0.550. The first kappa shape index (κ1) is 15.8. The SMILES string of the molecule is C=CCOc1c(I)cc(I)cc1/C=C1\SC(N)=NC1=O. The number of amidine groups is 1. The number of nitrogens with zero attached hydrogens (tertiary/aromatic N) is 1. The van der Waals surface area contributed by atoms with Gasteiger partial charge in [0, 0.05) is 9.13 Å². The van der Waals surface area contributed by atoms with E-state index in [1.807, 2.05) is 12.1 Å². The molecule has 104 valence electrons. The molecule has 20 heavy (non-hydrogen) atoms. The summed E-state index contributed by atoms with van der Waals surface area (Å²) in [5.41, 5.74) is 6.39. The van der Waals surface area contributed by atoms with Crippen LogP contribution in [0.1, 0.15) is 5.56 Å². The van der Waals surface area contributed by atoms with Gasteiger partial charge in [0.2, 0.25) is 0 Å². The highest BCUT2D eigenvalue weighted by atomic mass is 127. The molecular weight excluding hydrogens is 502 g/mol. The monoisotopic (exact) mass is 512 g/mol. The van der Waals surface area contributed by atoms with Crippen molar-refractivity contribution < 1.29 is 9.53 Å². The van der Waals surface area contributed by atoms with Crippen molar-refractivity contribution in [2.45, 2.75) is 0 Å². The van der Waals surface area contributed by atoms with E-state index in [2.05, 4.69) is 56.8 Å². The third-order valence-electron chi connectivity index (χ3n) is 2.31. The van der Waals surface area contributed by atoms with E-state index in [0.717, 1.165) is 18.5 Å². The molecule has 4 nitrogen and oxygen atoms in total. The quantitative estimate of drug-likeness (QED) is 0.382. The summed E-state index contributed by atoms with van der Waals surface area (Å²) in [6.45, 7) is 4.05. The lowest BCUT2D eigenvalue weighted by Crippen LogP contribution is -2.01. The molecule has 0 bridgehead atoms. The van der Waals surface area contributed by atoms with Crippen LogP contribution in [0.3, 0.4) is 0 Å². The molecule has 2 N–H and O–H groups in total. The number of rotatable bonds is 4. The lowest BCUT2D eigenvalue weighted by Gasteiger charge is -2.11. The van der Waals surface area contributed by atoms with Crippen LogP contribution < -0.4 is 10.5 Å². The van der Waals surface area contributed by atoms with Gasteiger partial charge in [-0.2, -0.15) is 4.99 Å². The van der Waals surface area contributed by atoms with Crippen molar-refractivity contribution in [2.75, 3.05) is 6.61 Å². The van der Waals surface area contributed by atoms with Gasteiger partial charge >= 0.3 is 0 Å². The number of carbonyl (C=O) groups excluding carboxylic acids is 1. The van der Waals surface area contributed by atoms with E-state index in [-0.39, 0.29) is 11.1 Å². The third-order valence-corrected chi connectivity index (χ3v) is 4.54. The van der Waals surface area contributed by atoms with E-state index in [9.17, 15) is 4.79 Å². The average molecular weight is 512 g/mol. The fourth-order valence-electron chi connectivity index (χ4n) is 1.55. The number of carbonyl (C=O) groups is 1. The number of hydrogen-bond donors (Lipinski definition) is 1. The molecule has 1 amide bonds. The Balaban J connectivity index is 2.42. The fraction of sp³-hybridized carbons (Fsp3) is 0.0769. The van der Waals surface area contributed by atoms with Gasteiger partial charge in [0.15, 0.2) is 5.17 Å². The topological polar surface area (TPSA) is 64.7 Å². The van der Waals surface area contributed by atoms with Crippen molar-refractivity contribution in [1.82, 2.24) is 0 Å². The maximum Gasteiger partial charge on any atom is 0.286 e. The van der Waals surface area contributed by atoms with Crippen LogP contribution in [-0.4, -0.2) is 17.7 Å². The number of nitrogens with two attached hydrogens (primary N) is 1. The van der Waals surface area contributed by atoms with Crippen LogP contribution in [-0.2, 0) is 4.79 Å². The normalized spacial score (nSPS) is 16.4. The second-order valence-corrected chi connectivity index (χ2v) is 7.24. The van der Waals surface area contributed by atoms with E-state index in [4.69, 9.17) is 10.5 Å². The van der Waals surface area contributed by atoms with Crippen LogP contribution in [0.5, 0.6) is 5.75 Å². The summed E-state index contributed by atoms with van der Waals surface area (Å²) in [5.74, 6) is 0.424. The van der Waals surface area contributed by atoms with Crippen LogP contribution in [0.2, 0.25) is 0 Å². The van der Waals surface area contributed by atoms with Crippen LogP contribution in [0.15, 0.2) is 34.7 Å². The second-order valence-electron chi connectivity index (χ2n) is 3.77. The molecule has 0 aliphatic carbocycles. The first-order valence-corrected chi connectivity index (χ1v) is 8.49. The summed E-state index contributed by atoms with van der Waals surface area (Å²) in [6, 6.07) is 3.96. The maximum absolute atomic E-state index is 11.7. The molecule has 0 spiro atoms. The second kappa shape index (κ2) is 6.94. The van der Waals surface area contributed by atoms with Gasteiger partial charge in [-0.15, -0.1) is 0 Å². The molecule has 1 aromatic rings. The summed E-state index contributed by atoms with van der Waals surface area (Å²) in [5, 5.41) is 0.273. The van der Waals surface area contributed by atoms with Gasteiger partial charge in [-0.05, 0) is 75.2 Å². The number of benzene rings is 1. The van der Waals surface area contributed by atoms with E-state index >= 15 is 0 Å². The number of aliphatic imine (C=N–C) groups is 1. The van der Waals surface area contributed by atoms with Crippen LogP contribution in [0, 0.1) is 7.14 Å². The summed E-state index contributed by atoms with van der Waals surface area (Å²) in [7, 11) is 0. The highest BCUT2D eigenvalue weighted by Gasteiger charge is 2.20. The highest BCUT2D eigenvalue weighted by molar-refractivity contribution is 14.1. The predicted molar refractivity (Wildman–Crippen MR) is 99.8 cm³/mol. The maximum atomic E-state index is 11.7. The Labute approximate surface area is 148 Å². The summed E-state index contributed by atoms with van der Waals surface area (Å²) in [6.07, 6.45) is 3.45. The van der Waals surface area contributed by atoms with E-state index in [0.29, 0.717) is 11.5 Å². The van der Waals surface area contributed by atoms with Crippen molar-refractivity contribution >= 4 is 74.1 Å². The zero-order chi connectivity index (χ0) is 14.7. The van der Waals surface area contributed by atoms with Gasteiger partial charge in [-0.1, -0.05) is 12.7 Å². The number of amides is 1. The van der Waals surface area contributed by atoms with Crippen molar-refractivity contribution in [3.8, 4) is 5.75 Å². The van der Waals surface area contributed by atoms with Crippen molar-refractivity contribution in [3.05, 3.63) is 42.4 Å². The van der Waals surface area contributed by atoms with E-state index < -0.39 is 0 Å². The Kier molecular flexibility index (Phi) is 5.49. The zero-order valence-electron chi connectivity index (χ0n) is 10.2. The number of hydrogen-bond acceptors (Lipinski definition) is 4. The zero-order valence-corrected chi connectivity index (χ0v) is 15.4. The highest BCUT2D eigenvalue weighted by Crippen LogP contribution is 2.33. The summed E-state index contributed by atoms with van der Waals surface area (Å²) >= 11 is 5.61. The molecular formula is C13H10I2N2O2S. The van der Waals surface area contributed by atoms with Crippen LogP contribution in [0.4, 0.5) is 0 Å². The standard InChI is InChI=1S/C13H10I2N2O2S/c1-2-3-19-11-7(4-8(14)6-9(11)15)5-10-12(18)17-13(16)20-10/h2,4-6H,1,3H2,(H2,16,17,18)/b10-5-. The summed E-state index contributed by atoms with van der Waals surface area (Å²) in [4.78, 5) is 15.9. The van der Waals surface area contributed by atoms with E-state index in [1.165, 1.54) is 11.8 Å². The van der Waals surface area contributed by atoms with Crippen molar-refractivity contribution in [2.24, 2.45) is 10.7 Å². The van der Waals surface area contributed by atoms with Gasteiger partial charge in [-0.25, -0.2) is 0 Å². The minimum absolute atomic E-state index is 0.273. The van der Waals surface area contributed by atoms with Gasteiger partial charge in [0.05, 0.1) is 8.48 Å². The van der Waals surface area contributed by atoms with E-state index in [1.54, 1.807) is 12.2 Å². The Morgan fingerprint density at radius 1 is 1.45 bits per heavy atom.